The normalized spacial score (nSPS) is 27.1. The average Bonchev–Trinajstić information content (AvgIpc) is 2.79. The first-order chi connectivity index (χ1) is 9.27. The van der Waals surface area contributed by atoms with E-state index >= 15 is 0 Å². The van der Waals surface area contributed by atoms with Crippen LogP contribution in [0, 0.1) is 22.2 Å². The van der Waals surface area contributed by atoms with Gasteiger partial charge in [0.15, 0.2) is 0 Å². The molecule has 2 fully saturated rings. The minimum absolute atomic E-state index is 0.110. The number of hydrogen-bond acceptors (Lipinski definition) is 3. The Bertz CT molecular complexity index is 351. The van der Waals surface area contributed by atoms with Crippen LogP contribution >= 0.6 is 0 Å². The summed E-state index contributed by atoms with van der Waals surface area (Å²) in [4.78, 5) is 12.5. The summed E-state index contributed by atoms with van der Waals surface area (Å²) >= 11 is 0. The van der Waals surface area contributed by atoms with Gasteiger partial charge in [-0.2, -0.15) is 0 Å². The molecule has 1 saturated heterocycles. The molecule has 1 amide bonds. The maximum Gasteiger partial charge on any atom is 0.224 e. The number of carbonyl (C=O) groups is 1. The number of nitrogens with one attached hydrogen (secondary N) is 2. The molecule has 2 aliphatic rings. The van der Waals surface area contributed by atoms with Gasteiger partial charge in [-0.05, 0) is 36.8 Å². The van der Waals surface area contributed by atoms with Gasteiger partial charge < -0.3 is 15.4 Å². The largest absolute Gasteiger partial charge is 0.384 e. The Balaban J connectivity index is 1.92. The number of hydrogen-bond donors (Lipinski definition) is 2. The van der Waals surface area contributed by atoms with Gasteiger partial charge in [0, 0.05) is 25.0 Å². The summed E-state index contributed by atoms with van der Waals surface area (Å²) < 4.78 is 5.40. The predicted octanol–water partition coefficient (Wildman–Crippen LogP) is 1.80. The zero-order valence-corrected chi connectivity index (χ0v) is 13.6. The van der Waals surface area contributed by atoms with Gasteiger partial charge in [-0.25, -0.2) is 0 Å². The highest BCUT2D eigenvalue weighted by molar-refractivity contribution is 5.84. The average molecular weight is 282 g/mol. The van der Waals surface area contributed by atoms with Crippen molar-refractivity contribution in [2.75, 3.05) is 33.4 Å². The van der Waals surface area contributed by atoms with Gasteiger partial charge >= 0.3 is 0 Å². The number of ether oxygens (including phenoxy) is 1. The van der Waals surface area contributed by atoms with E-state index < -0.39 is 0 Å². The molecule has 0 aromatic rings. The molecule has 1 saturated carbocycles. The van der Waals surface area contributed by atoms with Crippen molar-refractivity contribution in [3.63, 3.8) is 0 Å². The van der Waals surface area contributed by atoms with E-state index in [9.17, 15) is 4.79 Å². The highest BCUT2D eigenvalue weighted by Crippen LogP contribution is 2.68. The molecule has 1 aliphatic heterocycles. The standard InChI is InChI=1S/C16H30N2O2/c1-14(2)12(15(14,3)4)13(19)18-10-16(11-20-5)6-8-17-9-7-16/h12,17H,6-11H2,1-5H3,(H,18,19). The van der Waals surface area contributed by atoms with E-state index in [4.69, 9.17) is 4.74 Å². The van der Waals surface area contributed by atoms with Gasteiger partial charge in [-0.15, -0.1) is 0 Å². The molecule has 0 radical (unpaired) electrons. The molecule has 4 nitrogen and oxygen atoms in total. The van der Waals surface area contributed by atoms with Gasteiger partial charge in [0.05, 0.1) is 6.61 Å². The highest BCUT2D eigenvalue weighted by Gasteiger charge is 2.68. The molecule has 116 valence electrons. The van der Waals surface area contributed by atoms with Crippen LogP contribution in [-0.2, 0) is 9.53 Å². The zero-order valence-electron chi connectivity index (χ0n) is 13.6. The fourth-order valence-corrected chi connectivity index (χ4v) is 3.86. The van der Waals surface area contributed by atoms with Gasteiger partial charge in [0.1, 0.15) is 0 Å². The lowest BCUT2D eigenvalue weighted by Gasteiger charge is -2.37. The highest BCUT2D eigenvalue weighted by atomic mass is 16.5. The Hall–Kier alpha value is -0.610. The lowest BCUT2D eigenvalue weighted by atomic mass is 9.79. The predicted molar refractivity (Wildman–Crippen MR) is 80.5 cm³/mol. The summed E-state index contributed by atoms with van der Waals surface area (Å²) in [6.07, 6.45) is 2.14. The summed E-state index contributed by atoms with van der Waals surface area (Å²) in [5.41, 5.74) is 0.331. The van der Waals surface area contributed by atoms with Crippen LogP contribution < -0.4 is 10.6 Å². The minimum atomic E-state index is 0.110. The van der Waals surface area contributed by atoms with Crippen LogP contribution in [0.3, 0.4) is 0 Å². The van der Waals surface area contributed by atoms with E-state index in [-0.39, 0.29) is 28.1 Å². The van der Waals surface area contributed by atoms with Gasteiger partial charge in [0.25, 0.3) is 0 Å². The van der Waals surface area contributed by atoms with Crippen molar-refractivity contribution >= 4 is 5.91 Å². The molecule has 2 N–H and O–H groups in total. The van der Waals surface area contributed by atoms with Crippen LogP contribution in [0.2, 0.25) is 0 Å². The molecule has 0 aromatic heterocycles. The van der Waals surface area contributed by atoms with E-state index in [1.165, 1.54) is 0 Å². The smallest absolute Gasteiger partial charge is 0.224 e. The minimum Gasteiger partial charge on any atom is -0.384 e. The van der Waals surface area contributed by atoms with E-state index in [2.05, 4.69) is 38.3 Å². The second-order valence-corrected chi connectivity index (χ2v) is 7.78. The third kappa shape index (κ3) is 2.60. The maximum atomic E-state index is 12.5. The number of rotatable bonds is 5. The van der Waals surface area contributed by atoms with Crippen LogP contribution in [0.1, 0.15) is 40.5 Å². The fourth-order valence-electron chi connectivity index (χ4n) is 3.86. The number of methoxy groups -OCH3 is 1. The van der Waals surface area contributed by atoms with Gasteiger partial charge in [-0.1, -0.05) is 27.7 Å². The summed E-state index contributed by atoms with van der Waals surface area (Å²) in [7, 11) is 1.75. The van der Waals surface area contributed by atoms with Crippen LogP contribution in [-0.4, -0.2) is 39.3 Å². The van der Waals surface area contributed by atoms with Crippen LogP contribution in [0.15, 0.2) is 0 Å². The van der Waals surface area contributed by atoms with E-state index in [0.29, 0.717) is 0 Å². The monoisotopic (exact) mass is 282 g/mol. The van der Waals surface area contributed by atoms with Crippen LogP contribution in [0.4, 0.5) is 0 Å². The Morgan fingerprint density at radius 3 is 2.20 bits per heavy atom. The lowest BCUT2D eigenvalue weighted by Crippen LogP contribution is -2.47. The quantitative estimate of drug-likeness (QED) is 0.808. The number of carbonyl (C=O) groups excluding carboxylic acids is 1. The Morgan fingerprint density at radius 1 is 1.20 bits per heavy atom. The zero-order chi connectivity index (χ0) is 15.0. The Kier molecular flexibility index (Phi) is 4.18. The van der Waals surface area contributed by atoms with E-state index in [0.717, 1.165) is 39.1 Å². The lowest BCUT2D eigenvalue weighted by molar-refractivity contribution is -0.124. The summed E-state index contributed by atoms with van der Waals surface area (Å²) in [6.45, 7) is 12.2. The van der Waals surface area contributed by atoms with Crippen LogP contribution in [0.25, 0.3) is 0 Å². The number of piperidine rings is 1. The molecule has 1 aliphatic carbocycles. The molecule has 0 unspecified atom stereocenters. The van der Waals surface area contributed by atoms with Crippen molar-refractivity contribution in [2.24, 2.45) is 22.2 Å². The summed E-state index contributed by atoms with van der Waals surface area (Å²) in [5, 5.41) is 6.58. The Labute approximate surface area is 123 Å². The van der Waals surface area contributed by atoms with E-state index in [1.54, 1.807) is 7.11 Å². The molecule has 0 spiro atoms. The third-order valence-corrected chi connectivity index (χ3v) is 6.04. The van der Waals surface area contributed by atoms with Gasteiger partial charge in [-0.3, -0.25) is 4.79 Å². The molecule has 2 rings (SSSR count). The first kappa shape index (κ1) is 15.8. The first-order valence-corrected chi connectivity index (χ1v) is 7.74. The van der Waals surface area contributed by atoms with E-state index in [1.807, 2.05) is 0 Å². The summed E-state index contributed by atoms with van der Waals surface area (Å²) in [6, 6.07) is 0. The second kappa shape index (κ2) is 5.30. The Morgan fingerprint density at radius 2 is 1.75 bits per heavy atom. The van der Waals surface area contributed by atoms with Crippen molar-refractivity contribution in [1.82, 2.24) is 10.6 Å². The first-order valence-electron chi connectivity index (χ1n) is 7.74. The van der Waals surface area contributed by atoms with Crippen molar-refractivity contribution in [3.05, 3.63) is 0 Å². The third-order valence-electron chi connectivity index (χ3n) is 6.04. The molecular formula is C16H30N2O2. The topological polar surface area (TPSA) is 50.4 Å². The molecule has 1 heterocycles. The van der Waals surface area contributed by atoms with Crippen molar-refractivity contribution in [3.8, 4) is 0 Å². The summed E-state index contributed by atoms with van der Waals surface area (Å²) in [5.74, 6) is 0.352. The molecule has 0 aromatic carbocycles. The second-order valence-electron chi connectivity index (χ2n) is 7.78. The maximum absolute atomic E-state index is 12.5. The molecule has 20 heavy (non-hydrogen) atoms. The molecule has 4 heteroatoms. The molecular weight excluding hydrogens is 252 g/mol. The van der Waals surface area contributed by atoms with Crippen LogP contribution in [0.5, 0.6) is 0 Å². The molecule has 0 atom stereocenters. The number of amides is 1. The van der Waals surface area contributed by atoms with Crippen molar-refractivity contribution < 1.29 is 9.53 Å². The SMILES string of the molecule is COCC1(CNC(=O)C2C(C)(C)C2(C)C)CCNCC1. The van der Waals surface area contributed by atoms with Gasteiger partial charge in [0.2, 0.25) is 5.91 Å². The van der Waals surface area contributed by atoms with Crippen molar-refractivity contribution in [1.29, 1.82) is 0 Å². The van der Waals surface area contributed by atoms with Crippen molar-refractivity contribution in [2.45, 2.75) is 40.5 Å². The fraction of sp³-hybridized carbons (Fsp3) is 0.938. The molecule has 0 bridgehead atoms.